The fraction of sp³-hybridized carbons (Fsp3) is 0.588. The lowest BCUT2D eigenvalue weighted by molar-refractivity contribution is 0.0200. The number of hydrogen-bond donors (Lipinski definition) is 2. The van der Waals surface area contributed by atoms with Gasteiger partial charge in [0.2, 0.25) is 0 Å². The molecule has 1 saturated carbocycles. The van der Waals surface area contributed by atoms with E-state index in [1.807, 2.05) is 13.1 Å². The highest BCUT2D eigenvalue weighted by atomic mass is 32.2. The molecule has 6 heteroatoms. The van der Waals surface area contributed by atoms with Crippen LogP contribution in [-0.4, -0.2) is 38.6 Å². The molecule has 1 aromatic carbocycles. The summed E-state index contributed by atoms with van der Waals surface area (Å²) < 4.78 is 20.2. The molecular formula is C17H26FN3OS. The van der Waals surface area contributed by atoms with Gasteiger partial charge < -0.3 is 15.8 Å². The van der Waals surface area contributed by atoms with Gasteiger partial charge in [-0.2, -0.15) is 0 Å². The van der Waals surface area contributed by atoms with Gasteiger partial charge in [0.1, 0.15) is 5.82 Å². The molecule has 0 amide bonds. The average Bonchev–Trinajstić information content (AvgIpc) is 2.60. The van der Waals surface area contributed by atoms with Crippen LogP contribution in [0.4, 0.5) is 10.1 Å². The predicted molar refractivity (Wildman–Crippen MR) is 96.8 cm³/mol. The summed E-state index contributed by atoms with van der Waals surface area (Å²) in [5.41, 5.74) is 6.45. The van der Waals surface area contributed by atoms with Crippen molar-refractivity contribution in [1.82, 2.24) is 0 Å². The Hall–Kier alpha value is -1.11. The van der Waals surface area contributed by atoms with Gasteiger partial charge in [-0.15, -0.1) is 11.8 Å². The second-order valence-electron chi connectivity index (χ2n) is 5.90. The van der Waals surface area contributed by atoms with Crippen LogP contribution < -0.4 is 11.1 Å². The molecule has 0 bridgehead atoms. The normalized spacial score (nSPS) is 27.7. The van der Waals surface area contributed by atoms with Gasteiger partial charge in [0.25, 0.3) is 0 Å². The molecule has 3 unspecified atom stereocenters. The summed E-state index contributed by atoms with van der Waals surface area (Å²) >= 11 is 1.66. The number of nitrogens with zero attached hydrogens (tertiary/aromatic N) is 1. The number of aliphatic imine (C=N–C) groups is 1. The summed E-state index contributed by atoms with van der Waals surface area (Å²) in [6.07, 6.45) is 2.59. The SMILES string of the molecule is C=NC1(c2cc(NC)ccc2F)CC(OC)CCC1CSCN. The Kier molecular flexibility index (Phi) is 6.44. The smallest absolute Gasteiger partial charge is 0.129 e. The third-order valence-electron chi connectivity index (χ3n) is 4.83. The van der Waals surface area contributed by atoms with Crippen LogP contribution in [0.1, 0.15) is 24.8 Å². The number of methoxy groups -OCH3 is 1. The van der Waals surface area contributed by atoms with Gasteiger partial charge in [-0.3, -0.25) is 4.99 Å². The van der Waals surface area contributed by atoms with Gasteiger partial charge in [0.15, 0.2) is 0 Å². The van der Waals surface area contributed by atoms with Crippen molar-refractivity contribution in [3.63, 3.8) is 0 Å². The Labute approximate surface area is 142 Å². The lowest BCUT2D eigenvalue weighted by atomic mass is 9.68. The highest BCUT2D eigenvalue weighted by Gasteiger charge is 2.46. The minimum absolute atomic E-state index is 0.0669. The van der Waals surface area contributed by atoms with Crippen molar-refractivity contribution in [1.29, 1.82) is 0 Å². The van der Waals surface area contributed by atoms with Crippen LogP contribution in [0.3, 0.4) is 0 Å². The van der Waals surface area contributed by atoms with Gasteiger partial charge in [0, 0.05) is 43.5 Å². The first kappa shape index (κ1) is 18.2. The van der Waals surface area contributed by atoms with Crippen molar-refractivity contribution in [2.75, 3.05) is 31.1 Å². The number of halogens is 1. The molecule has 3 N–H and O–H groups in total. The number of ether oxygens (including phenoxy) is 1. The summed E-state index contributed by atoms with van der Waals surface area (Å²) in [5.74, 6) is 1.35. The van der Waals surface area contributed by atoms with Gasteiger partial charge in [-0.05, 0) is 43.7 Å². The molecule has 0 aromatic heterocycles. The predicted octanol–water partition coefficient (Wildman–Crippen LogP) is 3.23. The Bertz CT molecular complexity index is 543. The maximum atomic E-state index is 14.7. The molecule has 3 atom stereocenters. The molecule has 0 spiro atoms. The van der Waals surface area contributed by atoms with Crippen molar-refractivity contribution >= 4 is 24.2 Å². The number of anilines is 1. The van der Waals surface area contributed by atoms with E-state index < -0.39 is 5.54 Å². The van der Waals surface area contributed by atoms with E-state index in [-0.39, 0.29) is 17.8 Å². The minimum atomic E-state index is -0.669. The first-order valence-corrected chi connectivity index (χ1v) is 9.03. The van der Waals surface area contributed by atoms with Crippen LogP contribution in [0.5, 0.6) is 0 Å². The Morgan fingerprint density at radius 3 is 2.91 bits per heavy atom. The Morgan fingerprint density at radius 2 is 2.30 bits per heavy atom. The van der Waals surface area contributed by atoms with Gasteiger partial charge in [0.05, 0.1) is 11.6 Å². The van der Waals surface area contributed by atoms with Crippen LogP contribution in [0.2, 0.25) is 0 Å². The number of nitrogens with one attached hydrogen (secondary N) is 1. The second kappa shape index (κ2) is 8.13. The molecule has 1 fully saturated rings. The third kappa shape index (κ3) is 3.70. The quantitative estimate of drug-likeness (QED) is 0.591. The van der Waals surface area contributed by atoms with Crippen molar-refractivity contribution in [3.05, 3.63) is 29.6 Å². The molecule has 1 aliphatic rings. The minimum Gasteiger partial charge on any atom is -0.388 e. The maximum absolute atomic E-state index is 14.7. The summed E-state index contributed by atoms with van der Waals surface area (Å²) in [5, 5.41) is 3.07. The molecule has 23 heavy (non-hydrogen) atoms. The number of nitrogens with two attached hydrogens (primary N) is 1. The molecule has 4 nitrogen and oxygen atoms in total. The summed E-state index contributed by atoms with van der Waals surface area (Å²) in [6, 6.07) is 5.08. The molecule has 0 aliphatic heterocycles. The zero-order valence-corrected chi connectivity index (χ0v) is 14.7. The van der Waals surface area contributed by atoms with E-state index in [1.165, 1.54) is 6.07 Å². The summed E-state index contributed by atoms with van der Waals surface area (Å²) in [4.78, 5) is 4.47. The maximum Gasteiger partial charge on any atom is 0.129 e. The topological polar surface area (TPSA) is 59.6 Å². The fourth-order valence-electron chi connectivity index (χ4n) is 3.50. The van der Waals surface area contributed by atoms with E-state index in [1.54, 1.807) is 24.9 Å². The van der Waals surface area contributed by atoms with Crippen LogP contribution in [0.15, 0.2) is 23.2 Å². The largest absolute Gasteiger partial charge is 0.388 e. The highest BCUT2D eigenvalue weighted by Crippen LogP contribution is 2.48. The van der Waals surface area contributed by atoms with Crippen molar-refractivity contribution < 1.29 is 9.13 Å². The number of benzene rings is 1. The molecule has 1 aliphatic carbocycles. The number of thioether (sulfide) groups is 1. The Balaban J connectivity index is 2.48. The first-order valence-electron chi connectivity index (χ1n) is 7.87. The van der Waals surface area contributed by atoms with Gasteiger partial charge in [-0.25, -0.2) is 4.39 Å². The number of hydrogen-bond acceptors (Lipinski definition) is 5. The van der Waals surface area contributed by atoms with Crippen LogP contribution in [0.25, 0.3) is 0 Å². The average molecular weight is 339 g/mol. The molecule has 1 aromatic rings. The van der Waals surface area contributed by atoms with E-state index in [0.29, 0.717) is 17.9 Å². The lowest BCUT2D eigenvalue weighted by Crippen LogP contribution is -2.44. The molecule has 2 rings (SSSR count). The van der Waals surface area contributed by atoms with Crippen molar-refractivity contribution in [3.8, 4) is 0 Å². The first-order chi connectivity index (χ1) is 11.1. The standard InChI is InChI=1S/C17H26FN3OS/c1-20-13-5-7-16(18)15(8-13)17(21-2)9-14(22-3)6-4-12(17)10-23-11-19/h5,7-8,12,14,20H,2,4,6,9-11,19H2,1,3H3. The van der Waals surface area contributed by atoms with E-state index in [2.05, 4.69) is 17.0 Å². The molecular weight excluding hydrogens is 313 g/mol. The molecule has 128 valence electrons. The van der Waals surface area contributed by atoms with E-state index in [4.69, 9.17) is 10.5 Å². The van der Waals surface area contributed by atoms with Crippen LogP contribution in [0, 0.1) is 11.7 Å². The van der Waals surface area contributed by atoms with E-state index >= 15 is 0 Å². The highest BCUT2D eigenvalue weighted by molar-refractivity contribution is 7.99. The molecule has 0 heterocycles. The zero-order chi connectivity index (χ0) is 16.9. The van der Waals surface area contributed by atoms with Crippen LogP contribution >= 0.6 is 11.8 Å². The van der Waals surface area contributed by atoms with E-state index in [9.17, 15) is 4.39 Å². The fourth-order valence-corrected chi connectivity index (χ4v) is 4.36. The molecule has 0 saturated heterocycles. The lowest BCUT2D eigenvalue weighted by Gasteiger charge is -2.44. The van der Waals surface area contributed by atoms with Crippen LogP contribution in [-0.2, 0) is 10.3 Å². The molecule has 0 radical (unpaired) electrons. The summed E-state index contributed by atoms with van der Waals surface area (Å²) in [7, 11) is 3.53. The van der Waals surface area contributed by atoms with Gasteiger partial charge in [-0.1, -0.05) is 0 Å². The zero-order valence-electron chi connectivity index (χ0n) is 13.8. The monoisotopic (exact) mass is 339 g/mol. The third-order valence-corrected chi connectivity index (χ3v) is 5.70. The van der Waals surface area contributed by atoms with Crippen molar-refractivity contribution in [2.45, 2.75) is 30.9 Å². The summed E-state index contributed by atoms with van der Waals surface area (Å²) in [6.45, 7) is 3.82. The second-order valence-corrected chi connectivity index (χ2v) is 6.98. The van der Waals surface area contributed by atoms with Gasteiger partial charge >= 0.3 is 0 Å². The van der Waals surface area contributed by atoms with E-state index in [0.717, 1.165) is 24.3 Å². The number of rotatable bonds is 7. The van der Waals surface area contributed by atoms with Crippen molar-refractivity contribution in [2.24, 2.45) is 16.6 Å². The Morgan fingerprint density at radius 1 is 1.52 bits per heavy atom.